The van der Waals surface area contributed by atoms with Crippen LogP contribution in [0.1, 0.15) is 31.1 Å². The van der Waals surface area contributed by atoms with Crippen LogP contribution in [0.5, 0.6) is 0 Å². The normalized spacial score (nSPS) is 21.9. The van der Waals surface area contributed by atoms with E-state index in [2.05, 4.69) is 27.0 Å². The number of morpholine rings is 1. The van der Waals surface area contributed by atoms with E-state index < -0.39 is 0 Å². The van der Waals surface area contributed by atoms with Crippen LogP contribution in [0.3, 0.4) is 0 Å². The summed E-state index contributed by atoms with van der Waals surface area (Å²) >= 11 is 0. The highest BCUT2D eigenvalue weighted by molar-refractivity contribution is 4.97. The lowest BCUT2D eigenvalue weighted by atomic mass is 10.2. The minimum atomic E-state index is -0.00178. The second-order valence-corrected chi connectivity index (χ2v) is 4.34. The van der Waals surface area contributed by atoms with E-state index in [1.807, 2.05) is 0 Å². The molecule has 1 atom stereocenters. The predicted octanol–water partition coefficient (Wildman–Crippen LogP) is 0.0892. The summed E-state index contributed by atoms with van der Waals surface area (Å²) in [6.45, 7) is 6.53. The first-order chi connectivity index (χ1) is 8.33. The molecule has 0 spiro atoms. The zero-order valence-corrected chi connectivity index (χ0v) is 10.4. The van der Waals surface area contributed by atoms with Gasteiger partial charge >= 0.3 is 0 Å². The Morgan fingerprint density at radius 2 is 2.47 bits per heavy atom. The molecule has 17 heavy (non-hydrogen) atoms. The van der Waals surface area contributed by atoms with Crippen molar-refractivity contribution < 1.29 is 4.74 Å². The highest BCUT2D eigenvalue weighted by Gasteiger charge is 2.24. The fourth-order valence-corrected chi connectivity index (χ4v) is 2.08. The molecule has 0 radical (unpaired) electrons. The third-order valence-corrected chi connectivity index (χ3v) is 2.91. The number of nitrogens with zero attached hydrogens (tertiary/aromatic N) is 3. The Morgan fingerprint density at radius 1 is 1.59 bits per heavy atom. The van der Waals surface area contributed by atoms with Gasteiger partial charge in [0.1, 0.15) is 11.9 Å². The molecule has 1 aromatic rings. The van der Waals surface area contributed by atoms with Crippen molar-refractivity contribution in [3.05, 3.63) is 11.6 Å². The van der Waals surface area contributed by atoms with Crippen LogP contribution in [0.15, 0.2) is 0 Å². The molecule has 96 valence electrons. The molecule has 0 aromatic carbocycles. The molecule has 2 rings (SSSR count). The maximum atomic E-state index is 5.71. The van der Waals surface area contributed by atoms with Crippen molar-refractivity contribution in [1.82, 2.24) is 20.1 Å². The zero-order chi connectivity index (χ0) is 12.1. The standard InChI is InChI=1S/C11H21N5O/c1-2-5-16-6-7-17-9(8-16)11-13-10(3-4-12)14-15-11/h9H,2-8,12H2,1H3,(H,13,14,15). The van der Waals surface area contributed by atoms with Gasteiger partial charge in [0.25, 0.3) is 0 Å². The van der Waals surface area contributed by atoms with E-state index in [-0.39, 0.29) is 6.10 Å². The molecule has 1 fully saturated rings. The first-order valence-corrected chi connectivity index (χ1v) is 6.28. The predicted molar refractivity (Wildman–Crippen MR) is 64.6 cm³/mol. The third-order valence-electron chi connectivity index (χ3n) is 2.91. The molecule has 0 saturated carbocycles. The number of rotatable bonds is 5. The summed E-state index contributed by atoms with van der Waals surface area (Å²) in [5.41, 5.74) is 5.48. The summed E-state index contributed by atoms with van der Waals surface area (Å²) in [7, 11) is 0. The summed E-state index contributed by atoms with van der Waals surface area (Å²) < 4.78 is 5.71. The molecule has 6 nitrogen and oxygen atoms in total. The van der Waals surface area contributed by atoms with E-state index in [4.69, 9.17) is 10.5 Å². The Hall–Kier alpha value is -0.980. The van der Waals surface area contributed by atoms with E-state index in [1.54, 1.807) is 0 Å². The molecule has 0 bridgehead atoms. The average Bonchev–Trinajstić information content (AvgIpc) is 2.79. The highest BCUT2D eigenvalue weighted by Crippen LogP contribution is 2.19. The van der Waals surface area contributed by atoms with Crippen LogP contribution in [0, 0.1) is 0 Å². The molecule has 6 heteroatoms. The number of nitrogens with one attached hydrogen (secondary N) is 1. The van der Waals surface area contributed by atoms with E-state index >= 15 is 0 Å². The van der Waals surface area contributed by atoms with Crippen molar-refractivity contribution in [1.29, 1.82) is 0 Å². The summed E-state index contributed by atoms with van der Waals surface area (Å²) in [5, 5.41) is 7.12. The first-order valence-electron chi connectivity index (χ1n) is 6.28. The number of hydrogen-bond acceptors (Lipinski definition) is 5. The van der Waals surface area contributed by atoms with Gasteiger partial charge in [-0.1, -0.05) is 6.92 Å². The molecule has 1 saturated heterocycles. The van der Waals surface area contributed by atoms with Crippen molar-refractivity contribution in [2.75, 3.05) is 32.8 Å². The number of aromatic amines is 1. The lowest BCUT2D eigenvalue weighted by Gasteiger charge is -2.31. The number of aromatic nitrogens is 3. The molecular formula is C11H21N5O. The summed E-state index contributed by atoms with van der Waals surface area (Å²) in [4.78, 5) is 6.82. The molecule has 1 unspecified atom stereocenters. The topological polar surface area (TPSA) is 80.1 Å². The smallest absolute Gasteiger partial charge is 0.180 e. The minimum Gasteiger partial charge on any atom is -0.367 e. The van der Waals surface area contributed by atoms with Crippen LogP contribution in [0.25, 0.3) is 0 Å². The average molecular weight is 239 g/mol. The Kier molecular flexibility index (Phi) is 4.47. The molecule has 1 aliphatic heterocycles. The maximum absolute atomic E-state index is 5.71. The van der Waals surface area contributed by atoms with Gasteiger partial charge in [-0.05, 0) is 19.5 Å². The van der Waals surface area contributed by atoms with Crippen LogP contribution in [-0.2, 0) is 11.2 Å². The molecule has 2 heterocycles. The van der Waals surface area contributed by atoms with Gasteiger partial charge in [0, 0.05) is 19.5 Å². The molecule has 0 amide bonds. The van der Waals surface area contributed by atoms with Gasteiger partial charge in [0.15, 0.2) is 5.82 Å². The summed E-state index contributed by atoms with van der Waals surface area (Å²) in [5.74, 6) is 1.60. The maximum Gasteiger partial charge on any atom is 0.180 e. The van der Waals surface area contributed by atoms with Crippen LogP contribution in [0.4, 0.5) is 0 Å². The fraction of sp³-hybridized carbons (Fsp3) is 0.818. The van der Waals surface area contributed by atoms with Crippen LogP contribution in [0.2, 0.25) is 0 Å². The van der Waals surface area contributed by atoms with Gasteiger partial charge in [-0.3, -0.25) is 10.00 Å². The van der Waals surface area contributed by atoms with Crippen molar-refractivity contribution in [2.45, 2.75) is 25.9 Å². The Bertz CT molecular complexity index is 338. The van der Waals surface area contributed by atoms with Gasteiger partial charge in [0.05, 0.1) is 6.61 Å². The van der Waals surface area contributed by atoms with Crippen molar-refractivity contribution in [3.63, 3.8) is 0 Å². The Morgan fingerprint density at radius 3 is 3.24 bits per heavy atom. The van der Waals surface area contributed by atoms with E-state index in [9.17, 15) is 0 Å². The minimum absolute atomic E-state index is 0.00178. The number of H-pyrrole nitrogens is 1. The zero-order valence-electron chi connectivity index (χ0n) is 10.4. The van der Waals surface area contributed by atoms with Gasteiger partial charge in [-0.15, -0.1) is 0 Å². The molecule has 1 aliphatic rings. The van der Waals surface area contributed by atoms with Crippen molar-refractivity contribution in [2.24, 2.45) is 5.73 Å². The van der Waals surface area contributed by atoms with Gasteiger partial charge in [-0.2, -0.15) is 5.10 Å². The largest absolute Gasteiger partial charge is 0.367 e. The summed E-state index contributed by atoms with van der Waals surface area (Å²) in [6.07, 6.45) is 1.90. The second-order valence-electron chi connectivity index (χ2n) is 4.34. The molecular weight excluding hydrogens is 218 g/mol. The number of hydrogen-bond donors (Lipinski definition) is 2. The van der Waals surface area contributed by atoms with Gasteiger partial charge in [0.2, 0.25) is 0 Å². The van der Waals surface area contributed by atoms with Crippen LogP contribution < -0.4 is 5.73 Å². The van der Waals surface area contributed by atoms with Gasteiger partial charge < -0.3 is 10.5 Å². The summed E-state index contributed by atoms with van der Waals surface area (Å²) in [6, 6.07) is 0. The van der Waals surface area contributed by atoms with Gasteiger partial charge in [-0.25, -0.2) is 4.98 Å². The lowest BCUT2D eigenvalue weighted by Crippen LogP contribution is -2.39. The quantitative estimate of drug-likeness (QED) is 0.761. The third kappa shape index (κ3) is 3.24. The molecule has 1 aromatic heterocycles. The highest BCUT2D eigenvalue weighted by atomic mass is 16.5. The van der Waals surface area contributed by atoms with E-state index in [0.717, 1.165) is 44.3 Å². The lowest BCUT2D eigenvalue weighted by molar-refractivity contribution is -0.0340. The Balaban J connectivity index is 1.95. The SMILES string of the molecule is CCCN1CCOC(c2n[nH]c(CCN)n2)C1. The van der Waals surface area contributed by atoms with E-state index in [1.165, 1.54) is 6.42 Å². The number of nitrogens with two attached hydrogens (primary N) is 1. The number of ether oxygens (including phenoxy) is 1. The van der Waals surface area contributed by atoms with Crippen LogP contribution >= 0.6 is 0 Å². The fourth-order valence-electron chi connectivity index (χ4n) is 2.08. The molecule has 3 N–H and O–H groups in total. The second kappa shape index (κ2) is 6.09. The van der Waals surface area contributed by atoms with Crippen LogP contribution in [-0.4, -0.2) is 52.9 Å². The van der Waals surface area contributed by atoms with E-state index in [0.29, 0.717) is 6.54 Å². The van der Waals surface area contributed by atoms with Crippen molar-refractivity contribution in [3.8, 4) is 0 Å². The Labute approximate surface area is 102 Å². The first kappa shape index (κ1) is 12.5. The molecule has 0 aliphatic carbocycles. The van der Waals surface area contributed by atoms with Crippen molar-refractivity contribution >= 4 is 0 Å². The monoisotopic (exact) mass is 239 g/mol.